The Morgan fingerprint density at radius 3 is 2.78 bits per heavy atom. The van der Waals surface area contributed by atoms with Gasteiger partial charge in [-0.15, -0.1) is 0 Å². The number of hydrogen-bond acceptors (Lipinski definition) is 2. The van der Waals surface area contributed by atoms with Crippen LogP contribution in [0.1, 0.15) is 24.8 Å². The summed E-state index contributed by atoms with van der Waals surface area (Å²) in [4.78, 5) is 2.33. The first kappa shape index (κ1) is 13.6. The minimum atomic E-state index is 0.284. The van der Waals surface area contributed by atoms with Gasteiger partial charge in [0.25, 0.3) is 0 Å². The Bertz CT molecular complexity index is 440. The molecule has 2 rings (SSSR count). The van der Waals surface area contributed by atoms with Crippen LogP contribution in [0.25, 0.3) is 0 Å². The maximum Gasteiger partial charge on any atom is 0.0911 e. The van der Waals surface area contributed by atoms with E-state index < -0.39 is 0 Å². The van der Waals surface area contributed by atoms with Crippen molar-refractivity contribution in [3.8, 4) is 0 Å². The van der Waals surface area contributed by atoms with Gasteiger partial charge in [-0.1, -0.05) is 28.1 Å². The predicted octanol–water partition coefficient (Wildman–Crippen LogP) is 2.99. The molecule has 0 unspecified atom stereocenters. The molecule has 3 nitrogen and oxygen atoms in total. The number of benzene rings is 1. The van der Waals surface area contributed by atoms with Crippen molar-refractivity contribution in [1.29, 1.82) is 5.41 Å². The van der Waals surface area contributed by atoms with E-state index in [1.54, 1.807) is 0 Å². The molecule has 18 heavy (non-hydrogen) atoms. The van der Waals surface area contributed by atoms with Crippen LogP contribution in [0.3, 0.4) is 0 Å². The number of nitrogens with two attached hydrogens (primary N) is 1. The van der Waals surface area contributed by atoms with E-state index >= 15 is 0 Å². The Morgan fingerprint density at radius 1 is 1.50 bits per heavy atom. The van der Waals surface area contributed by atoms with Crippen LogP contribution in [0.4, 0.5) is 0 Å². The largest absolute Gasteiger partial charge is 0.388 e. The highest BCUT2D eigenvalue weighted by Crippen LogP contribution is 2.49. The lowest BCUT2D eigenvalue weighted by Crippen LogP contribution is -2.29. The van der Waals surface area contributed by atoms with E-state index in [1.165, 1.54) is 18.4 Å². The number of hydrogen-bond donors (Lipinski definition) is 2. The van der Waals surface area contributed by atoms with E-state index in [0.717, 1.165) is 24.0 Å². The Labute approximate surface area is 117 Å². The lowest BCUT2D eigenvalue weighted by atomic mass is 10.0. The molecule has 0 aromatic heterocycles. The van der Waals surface area contributed by atoms with Crippen LogP contribution in [-0.4, -0.2) is 24.3 Å². The maximum atomic E-state index is 7.44. The minimum absolute atomic E-state index is 0.284. The molecule has 1 aromatic carbocycles. The normalized spacial score (nSPS) is 16.8. The Kier molecular flexibility index (Phi) is 4.07. The highest BCUT2D eigenvalue weighted by atomic mass is 79.9. The van der Waals surface area contributed by atoms with Gasteiger partial charge in [-0.05, 0) is 43.0 Å². The molecule has 0 bridgehead atoms. The molecule has 0 aliphatic heterocycles. The zero-order chi connectivity index (χ0) is 13.2. The molecule has 4 heteroatoms. The summed E-state index contributed by atoms with van der Waals surface area (Å²) in [5, 5.41) is 7.44. The van der Waals surface area contributed by atoms with Gasteiger partial charge in [-0.3, -0.25) is 5.41 Å². The summed E-state index contributed by atoms with van der Waals surface area (Å²) in [6.07, 6.45) is 3.15. The summed E-state index contributed by atoms with van der Waals surface area (Å²) in [6.45, 7) is 1.97. The second-order valence-electron chi connectivity index (χ2n) is 5.50. The molecule has 0 amide bonds. The quantitative estimate of drug-likeness (QED) is 0.627. The molecule has 1 saturated carbocycles. The van der Waals surface area contributed by atoms with E-state index in [2.05, 4.69) is 46.1 Å². The first-order valence-corrected chi connectivity index (χ1v) is 7.04. The van der Waals surface area contributed by atoms with Crippen molar-refractivity contribution in [3.63, 3.8) is 0 Å². The molecule has 1 aliphatic rings. The van der Waals surface area contributed by atoms with Gasteiger partial charge in [0.15, 0.2) is 0 Å². The van der Waals surface area contributed by atoms with Crippen LogP contribution in [0.15, 0.2) is 28.7 Å². The summed E-state index contributed by atoms with van der Waals surface area (Å²) in [5.41, 5.74) is 7.12. The van der Waals surface area contributed by atoms with Gasteiger partial charge in [0, 0.05) is 24.0 Å². The van der Waals surface area contributed by atoms with Crippen LogP contribution in [-0.2, 0) is 6.54 Å². The topological polar surface area (TPSA) is 53.1 Å². The predicted molar refractivity (Wildman–Crippen MR) is 78.7 cm³/mol. The summed E-state index contributed by atoms with van der Waals surface area (Å²) in [5.74, 6) is 0.323. The number of rotatable bonds is 6. The number of halogens is 1. The SMILES string of the molecule is CN(Cc1cccc(Br)c1)CC1(CC(=N)N)CC1. The second-order valence-corrected chi connectivity index (χ2v) is 6.42. The lowest BCUT2D eigenvalue weighted by molar-refractivity contribution is 0.259. The van der Waals surface area contributed by atoms with Gasteiger partial charge in [-0.2, -0.15) is 0 Å². The molecule has 98 valence electrons. The Hall–Kier alpha value is -0.870. The third kappa shape index (κ3) is 3.82. The van der Waals surface area contributed by atoms with Crippen molar-refractivity contribution < 1.29 is 0 Å². The van der Waals surface area contributed by atoms with E-state index in [4.69, 9.17) is 11.1 Å². The fourth-order valence-corrected chi connectivity index (χ4v) is 2.99. The van der Waals surface area contributed by atoms with Gasteiger partial charge >= 0.3 is 0 Å². The van der Waals surface area contributed by atoms with E-state index in [0.29, 0.717) is 5.84 Å². The van der Waals surface area contributed by atoms with Gasteiger partial charge in [0.1, 0.15) is 0 Å². The number of amidine groups is 1. The van der Waals surface area contributed by atoms with Gasteiger partial charge in [0.05, 0.1) is 5.84 Å². The lowest BCUT2D eigenvalue weighted by Gasteiger charge is -2.23. The van der Waals surface area contributed by atoms with Crippen LogP contribution < -0.4 is 5.73 Å². The van der Waals surface area contributed by atoms with E-state index in [1.807, 2.05) is 6.07 Å². The standard InChI is InChI=1S/C14H20BrN3/c1-18(9-11-3-2-4-12(15)7-11)10-14(5-6-14)8-13(16)17/h2-4,7H,5-6,8-10H2,1H3,(H3,16,17). The third-order valence-corrected chi connectivity index (χ3v) is 3.96. The second kappa shape index (κ2) is 5.41. The van der Waals surface area contributed by atoms with Crippen molar-refractivity contribution >= 4 is 21.8 Å². The molecule has 1 fully saturated rings. The van der Waals surface area contributed by atoms with Crippen molar-refractivity contribution in [2.75, 3.05) is 13.6 Å². The van der Waals surface area contributed by atoms with Crippen molar-refractivity contribution in [2.45, 2.75) is 25.8 Å². The zero-order valence-corrected chi connectivity index (χ0v) is 12.3. The monoisotopic (exact) mass is 309 g/mol. The fraction of sp³-hybridized carbons (Fsp3) is 0.500. The third-order valence-electron chi connectivity index (χ3n) is 3.47. The number of nitrogens with one attached hydrogen (secondary N) is 1. The first-order chi connectivity index (χ1) is 8.49. The molecule has 0 radical (unpaired) electrons. The number of nitrogens with zero attached hydrogens (tertiary/aromatic N) is 1. The molecule has 0 spiro atoms. The average molecular weight is 310 g/mol. The maximum absolute atomic E-state index is 7.44. The Morgan fingerprint density at radius 2 is 2.22 bits per heavy atom. The van der Waals surface area contributed by atoms with Crippen molar-refractivity contribution in [3.05, 3.63) is 34.3 Å². The first-order valence-electron chi connectivity index (χ1n) is 6.25. The van der Waals surface area contributed by atoms with Crippen LogP contribution in [0.5, 0.6) is 0 Å². The molecule has 1 aliphatic carbocycles. The molecule has 0 saturated heterocycles. The van der Waals surface area contributed by atoms with Gasteiger partial charge < -0.3 is 10.6 Å². The van der Waals surface area contributed by atoms with Crippen LogP contribution in [0.2, 0.25) is 0 Å². The minimum Gasteiger partial charge on any atom is -0.388 e. The van der Waals surface area contributed by atoms with Crippen LogP contribution >= 0.6 is 15.9 Å². The molecule has 1 aromatic rings. The van der Waals surface area contributed by atoms with Gasteiger partial charge in [-0.25, -0.2) is 0 Å². The molecular weight excluding hydrogens is 290 g/mol. The highest BCUT2D eigenvalue weighted by molar-refractivity contribution is 9.10. The van der Waals surface area contributed by atoms with Crippen LogP contribution in [0, 0.1) is 10.8 Å². The molecule has 0 atom stereocenters. The average Bonchev–Trinajstić information content (AvgIpc) is 2.95. The smallest absolute Gasteiger partial charge is 0.0911 e. The van der Waals surface area contributed by atoms with Crippen molar-refractivity contribution in [1.82, 2.24) is 4.90 Å². The summed E-state index contributed by atoms with van der Waals surface area (Å²) < 4.78 is 1.12. The van der Waals surface area contributed by atoms with Gasteiger partial charge in [0.2, 0.25) is 0 Å². The Balaban J connectivity index is 1.89. The zero-order valence-electron chi connectivity index (χ0n) is 10.7. The summed E-state index contributed by atoms with van der Waals surface area (Å²) >= 11 is 3.50. The highest BCUT2D eigenvalue weighted by Gasteiger charge is 2.43. The molecule has 3 N–H and O–H groups in total. The molecular formula is C14H20BrN3. The van der Waals surface area contributed by atoms with E-state index in [-0.39, 0.29) is 5.41 Å². The molecule has 0 heterocycles. The fourth-order valence-electron chi connectivity index (χ4n) is 2.55. The summed E-state index contributed by atoms with van der Waals surface area (Å²) in [7, 11) is 2.14. The summed E-state index contributed by atoms with van der Waals surface area (Å²) in [6, 6.07) is 8.41. The van der Waals surface area contributed by atoms with Crippen molar-refractivity contribution in [2.24, 2.45) is 11.1 Å². The van der Waals surface area contributed by atoms with E-state index in [9.17, 15) is 0 Å².